The van der Waals surface area contributed by atoms with Crippen molar-refractivity contribution in [3.63, 3.8) is 0 Å². The Morgan fingerprint density at radius 3 is 2.53 bits per heavy atom. The molecule has 17 heavy (non-hydrogen) atoms. The second kappa shape index (κ2) is 4.58. The van der Waals surface area contributed by atoms with Gasteiger partial charge in [-0.3, -0.25) is 4.79 Å². The van der Waals surface area contributed by atoms with Gasteiger partial charge in [0.05, 0.1) is 23.7 Å². The third-order valence-electron chi connectivity index (χ3n) is 4.34. The van der Waals surface area contributed by atoms with Crippen LogP contribution in [0.3, 0.4) is 0 Å². The predicted octanol–water partition coefficient (Wildman–Crippen LogP) is 0.914. The predicted molar refractivity (Wildman–Crippen MR) is 66.7 cm³/mol. The maximum absolute atomic E-state index is 12.4. The van der Waals surface area contributed by atoms with Crippen molar-refractivity contribution in [1.82, 2.24) is 10.6 Å². The van der Waals surface area contributed by atoms with Crippen LogP contribution < -0.4 is 10.6 Å². The van der Waals surface area contributed by atoms with E-state index in [-0.39, 0.29) is 29.6 Å². The summed E-state index contributed by atoms with van der Waals surface area (Å²) in [4.78, 5) is 12.4. The third-order valence-corrected chi connectivity index (χ3v) is 4.34. The molecule has 5 unspecified atom stereocenters. The minimum atomic E-state index is -0.0810. The van der Waals surface area contributed by atoms with E-state index in [1.165, 1.54) is 0 Å². The van der Waals surface area contributed by atoms with E-state index in [0.717, 1.165) is 19.5 Å². The van der Waals surface area contributed by atoms with Gasteiger partial charge in [-0.15, -0.1) is 0 Å². The van der Waals surface area contributed by atoms with E-state index in [4.69, 9.17) is 4.74 Å². The largest absolute Gasteiger partial charge is 0.374 e. The highest BCUT2D eigenvalue weighted by molar-refractivity contribution is 5.80. The number of ether oxygens (including phenoxy) is 1. The molecule has 2 aliphatic rings. The summed E-state index contributed by atoms with van der Waals surface area (Å²) in [5.41, 5.74) is -0.0810. The Labute approximate surface area is 103 Å². The molecule has 98 valence electrons. The summed E-state index contributed by atoms with van der Waals surface area (Å²) in [7, 11) is 0. The lowest BCUT2D eigenvalue weighted by Crippen LogP contribution is -2.51. The van der Waals surface area contributed by atoms with Crippen molar-refractivity contribution in [2.75, 3.05) is 13.1 Å². The number of hydrogen-bond acceptors (Lipinski definition) is 3. The number of amides is 1. The Bertz CT molecular complexity index is 300. The van der Waals surface area contributed by atoms with Gasteiger partial charge in [-0.1, -0.05) is 6.92 Å². The van der Waals surface area contributed by atoms with Crippen molar-refractivity contribution in [1.29, 1.82) is 0 Å². The molecular formula is C13H24N2O2. The van der Waals surface area contributed by atoms with Crippen molar-refractivity contribution in [3.8, 4) is 0 Å². The molecule has 5 atom stereocenters. The summed E-state index contributed by atoms with van der Waals surface area (Å²) < 4.78 is 5.73. The first-order valence-electron chi connectivity index (χ1n) is 6.61. The zero-order valence-electron chi connectivity index (χ0n) is 11.2. The van der Waals surface area contributed by atoms with Gasteiger partial charge in [0, 0.05) is 6.54 Å². The van der Waals surface area contributed by atoms with Gasteiger partial charge in [-0.05, 0) is 39.7 Å². The maximum atomic E-state index is 12.4. The van der Waals surface area contributed by atoms with Crippen molar-refractivity contribution in [2.24, 2.45) is 11.8 Å². The Morgan fingerprint density at radius 1 is 1.35 bits per heavy atom. The highest BCUT2D eigenvalue weighted by Gasteiger charge is 2.43. The molecule has 0 aromatic heterocycles. The molecule has 0 radical (unpaired) electrons. The van der Waals surface area contributed by atoms with Crippen molar-refractivity contribution in [3.05, 3.63) is 0 Å². The molecule has 0 bridgehead atoms. The second-order valence-corrected chi connectivity index (χ2v) is 5.91. The average Bonchev–Trinajstić information content (AvgIpc) is 2.73. The smallest absolute Gasteiger partial charge is 0.226 e. The molecule has 4 nitrogen and oxygen atoms in total. The topological polar surface area (TPSA) is 50.4 Å². The molecule has 0 aliphatic carbocycles. The van der Waals surface area contributed by atoms with Crippen LogP contribution in [0.25, 0.3) is 0 Å². The van der Waals surface area contributed by atoms with Crippen LogP contribution in [-0.2, 0) is 9.53 Å². The molecule has 0 saturated carbocycles. The molecule has 2 aliphatic heterocycles. The summed E-state index contributed by atoms with van der Waals surface area (Å²) in [6.07, 6.45) is 1.21. The highest BCUT2D eigenvalue weighted by atomic mass is 16.5. The molecule has 2 rings (SSSR count). The molecule has 2 heterocycles. The highest BCUT2D eigenvalue weighted by Crippen LogP contribution is 2.32. The number of hydrogen-bond donors (Lipinski definition) is 2. The molecule has 2 N–H and O–H groups in total. The summed E-state index contributed by atoms with van der Waals surface area (Å²) >= 11 is 0. The van der Waals surface area contributed by atoms with E-state index in [1.54, 1.807) is 0 Å². The first-order chi connectivity index (χ1) is 7.93. The van der Waals surface area contributed by atoms with Gasteiger partial charge < -0.3 is 15.4 Å². The van der Waals surface area contributed by atoms with Gasteiger partial charge in [-0.2, -0.15) is 0 Å². The fourth-order valence-corrected chi connectivity index (χ4v) is 3.02. The lowest BCUT2D eigenvalue weighted by molar-refractivity contribution is -0.128. The number of carbonyl (C=O) groups is 1. The summed E-state index contributed by atoms with van der Waals surface area (Å²) in [6, 6.07) is 0. The number of nitrogens with one attached hydrogen (secondary N) is 2. The summed E-state index contributed by atoms with van der Waals surface area (Å²) in [5, 5.41) is 6.49. The monoisotopic (exact) mass is 240 g/mol. The van der Waals surface area contributed by atoms with Crippen LogP contribution in [0.15, 0.2) is 0 Å². The zero-order chi connectivity index (χ0) is 12.6. The van der Waals surface area contributed by atoms with Gasteiger partial charge in [0.25, 0.3) is 0 Å². The fourth-order valence-electron chi connectivity index (χ4n) is 3.02. The number of carbonyl (C=O) groups excluding carboxylic acids is 1. The molecule has 0 spiro atoms. The van der Waals surface area contributed by atoms with Crippen LogP contribution in [0.4, 0.5) is 0 Å². The Balaban J connectivity index is 2.00. The number of rotatable bonds is 2. The standard InChI is InChI=1S/C13H24N2O2/c1-8-9(2)17-10(3)11(8)12(16)15-13(4)5-6-14-7-13/h8-11,14H,5-7H2,1-4H3,(H,15,16). The van der Waals surface area contributed by atoms with Crippen LogP contribution in [0, 0.1) is 11.8 Å². The average molecular weight is 240 g/mol. The minimum Gasteiger partial charge on any atom is -0.374 e. The van der Waals surface area contributed by atoms with Crippen LogP contribution in [0.2, 0.25) is 0 Å². The first-order valence-corrected chi connectivity index (χ1v) is 6.61. The van der Waals surface area contributed by atoms with E-state index in [1.807, 2.05) is 13.8 Å². The van der Waals surface area contributed by atoms with Crippen molar-refractivity contribution >= 4 is 5.91 Å². The molecule has 4 heteroatoms. The van der Waals surface area contributed by atoms with Crippen LogP contribution in [0.1, 0.15) is 34.1 Å². The summed E-state index contributed by atoms with van der Waals surface area (Å²) in [5.74, 6) is 0.436. The van der Waals surface area contributed by atoms with Crippen LogP contribution >= 0.6 is 0 Å². The van der Waals surface area contributed by atoms with E-state index >= 15 is 0 Å². The molecular weight excluding hydrogens is 216 g/mol. The normalized spacial score (nSPS) is 46.1. The van der Waals surface area contributed by atoms with E-state index < -0.39 is 0 Å². The van der Waals surface area contributed by atoms with Crippen LogP contribution in [0.5, 0.6) is 0 Å². The van der Waals surface area contributed by atoms with E-state index in [2.05, 4.69) is 24.5 Å². The van der Waals surface area contributed by atoms with Crippen molar-refractivity contribution in [2.45, 2.75) is 51.9 Å². The molecule has 2 saturated heterocycles. The first kappa shape index (κ1) is 12.8. The van der Waals surface area contributed by atoms with Gasteiger partial charge in [0.1, 0.15) is 0 Å². The Morgan fingerprint density at radius 2 is 2.06 bits per heavy atom. The molecule has 0 aromatic carbocycles. The van der Waals surface area contributed by atoms with Gasteiger partial charge >= 0.3 is 0 Å². The fraction of sp³-hybridized carbons (Fsp3) is 0.923. The van der Waals surface area contributed by atoms with Gasteiger partial charge in [0.15, 0.2) is 0 Å². The van der Waals surface area contributed by atoms with Gasteiger partial charge in [0.2, 0.25) is 5.91 Å². The minimum absolute atomic E-state index is 0.0116. The van der Waals surface area contributed by atoms with Gasteiger partial charge in [-0.25, -0.2) is 0 Å². The molecule has 0 aromatic rings. The van der Waals surface area contributed by atoms with E-state index in [0.29, 0.717) is 5.92 Å². The second-order valence-electron chi connectivity index (χ2n) is 5.91. The quantitative estimate of drug-likeness (QED) is 0.754. The lowest BCUT2D eigenvalue weighted by atomic mass is 9.87. The maximum Gasteiger partial charge on any atom is 0.226 e. The van der Waals surface area contributed by atoms with Crippen LogP contribution in [-0.4, -0.2) is 36.7 Å². The third kappa shape index (κ3) is 2.47. The SMILES string of the molecule is CC1OC(C)C(C(=O)NC2(C)CCNC2)C1C. The molecule has 1 amide bonds. The molecule has 2 fully saturated rings. The lowest BCUT2D eigenvalue weighted by Gasteiger charge is -2.28. The zero-order valence-corrected chi connectivity index (χ0v) is 11.2. The van der Waals surface area contributed by atoms with Crippen molar-refractivity contribution < 1.29 is 9.53 Å². The Kier molecular flexibility index (Phi) is 3.46. The Hall–Kier alpha value is -0.610. The van der Waals surface area contributed by atoms with E-state index in [9.17, 15) is 4.79 Å². The summed E-state index contributed by atoms with van der Waals surface area (Å²) in [6.45, 7) is 10.1.